The van der Waals surface area contributed by atoms with Crippen LogP contribution in [0.1, 0.15) is 63.1 Å². The lowest BCUT2D eigenvalue weighted by Gasteiger charge is -2.22. The van der Waals surface area contributed by atoms with Gasteiger partial charge in [0.25, 0.3) is 0 Å². The highest BCUT2D eigenvalue weighted by molar-refractivity contribution is 5.85. The van der Waals surface area contributed by atoms with E-state index in [2.05, 4.69) is 10.5 Å². The number of nitrogens with one attached hydrogen (secondary N) is 1. The summed E-state index contributed by atoms with van der Waals surface area (Å²) in [4.78, 5) is 16.4. The first-order valence-corrected chi connectivity index (χ1v) is 13.9. The summed E-state index contributed by atoms with van der Waals surface area (Å²) in [6.07, 6.45) is 8.23. The molecule has 2 aliphatic carbocycles. The molecule has 0 amide bonds. The standard InChI is InChI=1S/C32H33N3O4/c1-2-26-29(34-27-9-6-10-28(33-27)38-25-7-4-3-5-8-25)30(39-35-26)23-13-11-21(12-14-23)22-15-17-24(18-16-22)32(19-20-32)31(36)37/h6,9-18,25H,2-5,7-8,19-20H2,1H3,(H,33,34)(H,36,37). The van der Waals surface area contributed by atoms with Gasteiger partial charge in [0.15, 0.2) is 5.76 Å². The Labute approximate surface area is 228 Å². The zero-order chi connectivity index (χ0) is 26.8. The van der Waals surface area contributed by atoms with Crippen LogP contribution in [-0.4, -0.2) is 27.3 Å². The van der Waals surface area contributed by atoms with E-state index in [1.807, 2.05) is 73.7 Å². The Balaban J connectivity index is 1.21. The molecule has 2 aromatic heterocycles. The Morgan fingerprint density at radius 3 is 2.28 bits per heavy atom. The monoisotopic (exact) mass is 523 g/mol. The second kappa shape index (κ2) is 10.6. The molecule has 7 heteroatoms. The van der Waals surface area contributed by atoms with E-state index in [1.54, 1.807) is 0 Å². The summed E-state index contributed by atoms with van der Waals surface area (Å²) >= 11 is 0. The molecule has 0 radical (unpaired) electrons. The molecular weight excluding hydrogens is 490 g/mol. The summed E-state index contributed by atoms with van der Waals surface area (Å²) in [5, 5.41) is 17.3. The maximum absolute atomic E-state index is 11.6. The second-order valence-electron chi connectivity index (χ2n) is 10.6. The van der Waals surface area contributed by atoms with Crippen molar-refractivity contribution < 1.29 is 19.2 Å². The van der Waals surface area contributed by atoms with Crippen molar-refractivity contribution in [1.29, 1.82) is 0 Å². The predicted molar refractivity (Wildman–Crippen MR) is 150 cm³/mol. The van der Waals surface area contributed by atoms with Gasteiger partial charge in [0, 0.05) is 11.6 Å². The minimum absolute atomic E-state index is 0.237. The highest BCUT2D eigenvalue weighted by Gasteiger charge is 2.51. The summed E-state index contributed by atoms with van der Waals surface area (Å²) in [7, 11) is 0. The van der Waals surface area contributed by atoms with E-state index in [9.17, 15) is 9.90 Å². The van der Waals surface area contributed by atoms with Gasteiger partial charge in [0.2, 0.25) is 5.88 Å². The summed E-state index contributed by atoms with van der Waals surface area (Å²) in [6.45, 7) is 2.05. The topological polar surface area (TPSA) is 97.5 Å². The van der Waals surface area contributed by atoms with Crippen molar-refractivity contribution in [3.63, 3.8) is 0 Å². The first kappa shape index (κ1) is 25.2. The molecule has 0 aliphatic heterocycles. The van der Waals surface area contributed by atoms with Crippen LogP contribution >= 0.6 is 0 Å². The van der Waals surface area contributed by atoms with Crippen molar-refractivity contribution in [2.24, 2.45) is 0 Å². The van der Waals surface area contributed by atoms with E-state index in [1.165, 1.54) is 19.3 Å². The molecule has 0 unspecified atom stereocenters. The number of nitrogens with zero attached hydrogens (tertiary/aromatic N) is 2. The number of aryl methyl sites for hydroxylation is 1. The largest absolute Gasteiger partial charge is 0.481 e. The van der Waals surface area contributed by atoms with Crippen LogP contribution < -0.4 is 10.1 Å². The first-order valence-electron chi connectivity index (χ1n) is 13.9. The van der Waals surface area contributed by atoms with Gasteiger partial charge < -0.3 is 19.7 Å². The van der Waals surface area contributed by atoms with E-state index in [4.69, 9.17) is 14.2 Å². The molecule has 2 fully saturated rings. The lowest BCUT2D eigenvalue weighted by Crippen LogP contribution is -2.20. The van der Waals surface area contributed by atoms with Crippen LogP contribution in [0.15, 0.2) is 71.3 Å². The SMILES string of the molecule is CCc1noc(-c2ccc(-c3ccc(C4(C(=O)O)CC4)cc3)cc2)c1Nc1cccc(OC2CCCCC2)n1. The third-order valence-electron chi connectivity index (χ3n) is 7.99. The average molecular weight is 524 g/mol. The fourth-order valence-corrected chi connectivity index (χ4v) is 5.47. The summed E-state index contributed by atoms with van der Waals surface area (Å²) in [6, 6.07) is 21.8. The Bertz CT molecular complexity index is 1450. The van der Waals surface area contributed by atoms with Crippen molar-refractivity contribution in [3.05, 3.63) is 78.0 Å². The molecule has 2 aromatic carbocycles. The van der Waals surface area contributed by atoms with Crippen LogP contribution in [0.25, 0.3) is 22.5 Å². The van der Waals surface area contributed by atoms with Crippen LogP contribution in [0.5, 0.6) is 5.88 Å². The van der Waals surface area contributed by atoms with Gasteiger partial charge >= 0.3 is 5.97 Å². The Hall–Kier alpha value is -4.13. The number of carboxylic acid groups (broad SMARTS) is 1. The lowest BCUT2D eigenvalue weighted by atomic mass is 9.93. The number of carbonyl (C=O) groups is 1. The molecule has 2 heterocycles. The molecule has 0 saturated heterocycles. The van der Waals surface area contributed by atoms with Gasteiger partial charge in [-0.15, -0.1) is 0 Å². The summed E-state index contributed by atoms with van der Waals surface area (Å²) < 4.78 is 12.0. The number of hydrogen-bond donors (Lipinski definition) is 2. The Morgan fingerprint density at radius 2 is 1.64 bits per heavy atom. The van der Waals surface area contributed by atoms with E-state index in [0.717, 1.165) is 46.5 Å². The number of hydrogen-bond acceptors (Lipinski definition) is 6. The lowest BCUT2D eigenvalue weighted by molar-refractivity contribution is -0.140. The van der Waals surface area contributed by atoms with Crippen molar-refractivity contribution >= 4 is 17.5 Å². The molecular formula is C32H33N3O4. The predicted octanol–water partition coefficient (Wildman–Crippen LogP) is 7.54. The number of carboxylic acids is 1. The molecule has 0 spiro atoms. The van der Waals surface area contributed by atoms with Crippen molar-refractivity contribution in [2.75, 3.05) is 5.32 Å². The van der Waals surface area contributed by atoms with Crippen LogP contribution in [-0.2, 0) is 16.6 Å². The first-order chi connectivity index (χ1) is 19.1. The fraction of sp³-hybridized carbons (Fsp3) is 0.344. The van der Waals surface area contributed by atoms with E-state index in [-0.39, 0.29) is 6.10 Å². The smallest absolute Gasteiger partial charge is 0.314 e. The van der Waals surface area contributed by atoms with Gasteiger partial charge in [-0.1, -0.05) is 73.1 Å². The highest BCUT2D eigenvalue weighted by Crippen LogP contribution is 2.48. The molecule has 2 aliphatic rings. The molecule has 0 atom stereocenters. The Kier molecular flexibility index (Phi) is 6.81. The zero-order valence-electron chi connectivity index (χ0n) is 22.2. The second-order valence-corrected chi connectivity index (χ2v) is 10.6. The highest BCUT2D eigenvalue weighted by atomic mass is 16.5. The molecule has 2 N–H and O–H groups in total. The van der Waals surface area contributed by atoms with Gasteiger partial charge in [-0.3, -0.25) is 4.79 Å². The average Bonchev–Trinajstić information content (AvgIpc) is 3.70. The third kappa shape index (κ3) is 5.13. The van der Waals surface area contributed by atoms with Crippen LogP contribution in [0.4, 0.5) is 11.5 Å². The van der Waals surface area contributed by atoms with Gasteiger partial charge in [-0.25, -0.2) is 0 Å². The molecule has 6 rings (SSSR count). The van der Waals surface area contributed by atoms with Crippen molar-refractivity contribution in [1.82, 2.24) is 10.1 Å². The normalized spacial score (nSPS) is 16.5. The van der Waals surface area contributed by atoms with E-state index in [0.29, 0.717) is 36.7 Å². The van der Waals surface area contributed by atoms with Gasteiger partial charge in [0.1, 0.15) is 23.3 Å². The molecule has 4 aromatic rings. The van der Waals surface area contributed by atoms with Gasteiger partial charge in [-0.05, 0) is 67.7 Å². The number of aliphatic carboxylic acids is 1. The number of benzene rings is 2. The summed E-state index contributed by atoms with van der Waals surface area (Å²) in [5.74, 6) is 1.25. The van der Waals surface area contributed by atoms with Gasteiger partial charge in [0.05, 0.1) is 5.41 Å². The number of rotatable bonds is 9. The number of ether oxygens (including phenoxy) is 1. The van der Waals surface area contributed by atoms with Crippen molar-refractivity contribution in [3.8, 4) is 28.3 Å². The van der Waals surface area contributed by atoms with Crippen LogP contribution in [0, 0.1) is 0 Å². The molecule has 0 bridgehead atoms. The van der Waals surface area contributed by atoms with E-state index < -0.39 is 11.4 Å². The van der Waals surface area contributed by atoms with E-state index >= 15 is 0 Å². The van der Waals surface area contributed by atoms with Crippen LogP contribution in [0.2, 0.25) is 0 Å². The maximum atomic E-state index is 11.6. The third-order valence-corrected chi connectivity index (χ3v) is 7.99. The fourth-order valence-electron chi connectivity index (χ4n) is 5.47. The minimum atomic E-state index is -0.735. The number of anilines is 2. The number of pyridine rings is 1. The quantitative estimate of drug-likeness (QED) is 0.234. The van der Waals surface area contributed by atoms with Crippen molar-refractivity contribution in [2.45, 2.75) is 69.8 Å². The zero-order valence-corrected chi connectivity index (χ0v) is 22.2. The molecule has 200 valence electrons. The molecule has 7 nitrogen and oxygen atoms in total. The molecule has 2 saturated carbocycles. The Morgan fingerprint density at radius 1 is 0.974 bits per heavy atom. The summed E-state index contributed by atoms with van der Waals surface area (Å²) in [5.41, 5.74) is 4.81. The van der Waals surface area contributed by atoms with Crippen LogP contribution in [0.3, 0.4) is 0 Å². The molecule has 39 heavy (non-hydrogen) atoms. The number of aromatic nitrogens is 2. The minimum Gasteiger partial charge on any atom is -0.481 e. The van der Waals surface area contributed by atoms with Gasteiger partial charge in [-0.2, -0.15) is 4.98 Å². The maximum Gasteiger partial charge on any atom is 0.314 e.